The lowest BCUT2D eigenvalue weighted by molar-refractivity contribution is -0.139. The summed E-state index contributed by atoms with van der Waals surface area (Å²) < 4.78 is 37.8. The van der Waals surface area contributed by atoms with Crippen LogP contribution in [-0.2, 0) is 26.2 Å². The highest BCUT2D eigenvalue weighted by molar-refractivity contribution is 7.92. The number of anilines is 1. The van der Waals surface area contributed by atoms with Gasteiger partial charge in [0.15, 0.2) is 11.5 Å². The van der Waals surface area contributed by atoms with E-state index in [-0.39, 0.29) is 36.7 Å². The summed E-state index contributed by atoms with van der Waals surface area (Å²) in [7, 11) is -3.84. The van der Waals surface area contributed by atoms with Crippen LogP contribution < -0.4 is 19.1 Å². The molecule has 1 heterocycles. The van der Waals surface area contributed by atoms with Gasteiger partial charge in [0.05, 0.1) is 11.4 Å². The molecule has 36 heavy (non-hydrogen) atoms. The van der Waals surface area contributed by atoms with Crippen LogP contribution in [0.3, 0.4) is 0 Å². The minimum atomic E-state index is -3.84. The van der Waals surface area contributed by atoms with Crippen LogP contribution in [0.5, 0.6) is 11.5 Å². The molecular weight excluding hydrogens is 506 g/mol. The first-order valence-electron chi connectivity index (χ1n) is 11.8. The van der Waals surface area contributed by atoms with Crippen molar-refractivity contribution in [2.45, 2.75) is 52.7 Å². The van der Waals surface area contributed by atoms with E-state index in [1.165, 1.54) is 17.9 Å². The zero-order valence-corrected chi connectivity index (χ0v) is 22.4. The molecule has 2 amide bonds. The molecule has 1 aliphatic rings. The third-order valence-electron chi connectivity index (χ3n) is 6.06. The number of carbonyl (C=O) groups excluding carboxylic acids is 2. The molecule has 2 aromatic rings. The molecule has 2 aromatic carbocycles. The van der Waals surface area contributed by atoms with Gasteiger partial charge in [-0.05, 0) is 57.0 Å². The minimum Gasteiger partial charge on any atom is -0.454 e. The van der Waals surface area contributed by atoms with Crippen molar-refractivity contribution in [3.05, 3.63) is 53.1 Å². The van der Waals surface area contributed by atoms with Crippen LogP contribution in [-0.4, -0.2) is 56.3 Å². The number of hydrogen-bond acceptors (Lipinski definition) is 6. The highest BCUT2D eigenvalue weighted by Crippen LogP contribution is 2.36. The molecule has 0 saturated heterocycles. The van der Waals surface area contributed by atoms with Crippen LogP contribution in [0, 0.1) is 0 Å². The Bertz CT molecular complexity index is 1190. The number of hydrogen-bond donors (Lipinski definition) is 1. The zero-order chi connectivity index (χ0) is 26.5. The number of halogens is 1. The Labute approximate surface area is 217 Å². The molecule has 196 valence electrons. The number of carbonyl (C=O) groups is 2. The Kier molecular flexibility index (Phi) is 9.08. The number of rotatable bonds is 11. The number of nitrogens with one attached hydrogen (secondary N) is 1. The summed E-state index contributed by atoms with van der Waals surface area (Å²) in [6.07, 6.45) is 0.732. The molecular formula is C25H32ClN3O6S. The van der Waals surface area contributed by atoms with Gasteiger partial charge < -0.3 is 19.7 Å². The first-order chi connectivity index (χ1) is 17.1. The topological polar surface area (TPSA) is 105 Å². The summed E-state index contributed by atoms with van der Waals surface area (Å²) in [6, 6.07) is 10.7. The molecule has 0 unspecified atom stereocenters. The average molecular weight is 538 g/mol. The maximum atomic E-state index is 13.7. The van der Waals surface area contributed by atoms with E-state index >= 15 is 0 Å². The van der Waals surface area contributed by atoms with Crippen LogP contribution in [0.4, 0.5) is 5.69 Å². The Morgan fingerprint density at radius 3 is 2.36 bits per heavy atom. The molecule has 0 aromatic heterocycles. The van der Waals surface area contributed by atoms with Gasteiger partial charge in [-0.1, -0.05) is 30.7 Å². The number of nitrogens with zero attached hydrogens (tertiary/aromatic N) is 2. The Hall–Kier alpha value is -2.98. The van der Waals surface area contributed by atoms with Gasteiger partial charge in [-0.25, -0.2) is 8.42 Å². The highest BCUT2D eigenvalue weighted by atomic mass is 35.5. The lowest BCUT2D eigenvalue weighted by Crippen LogP contribution is -2.52. The Balaban J connectivity index is 1.93. The standard InChI is InChI=1S/C25H32ClN3O6S/c1-5-17(3)27-25(31)18(4)28(14-19-7-9-20(26)10-8-19)24(30)15-29(36(32,33)6-2)21-11-12-22-23(13-21)35-16-34-22/h7-13,17-18H,5-6,14-16H2,1-4H3,(H,27,31)/t17-,18-/m1/s1. The van der Waals surface area contributed by atoms with Crippen LogP contribution >= 0.6 is 11.6 Å². The van der Waals surface area contributed by atoms with E-state index in [2.05, 4.69) is 5.32 Å². The number of fused-ring (bicyclic) bond motifs is 1. The maximum Gasteiger partial charge on any atom is 0.244 e. The predicted octanol–water partition coefficient (Wildman–Crippen LogP) is 3.56. The second-order valence-corrected chi connectivity index (χ2v) is 11.2. The third-order valence-corrected chi connectivity index (χ3v) is 8.05. The zero-order valence-electron chi connectivity index (χ0n) is 20.9. The van der Waals surface area contributed by atoms with Crippen molar-refractivity contribution < 1.29 is 27.5 Å². The van der Waals surface area contributed by atoms with E-state index in [0.717, 1.165) is 16.3 Å². The summed E-state index contributed by atoms with van der Waals surface area (Å²) in [4.78, 5) is 28.0. The minimum absolute atomic E-state index is 0.0376. The monoisotopic (exact) mass is 537 g/mol. The Morgan fingerprint density at radius 1 is 1.06 bits per heavy atom. The summed E-state index contributed by atoms with van der Waals surface area (Å²) in [5.41, 5.74) is 1.03. The molecule has 0 fully saturated rings. The van der Waals surface area contributed by atoms with Crippen molar-refractivity contribution in [1.29, 1.82) is 0 Å². The molecule has 0 saturated carbocycles. The van der Waals surface area contributed by atoms with Gasteiger partial charge in [-0.2, -0.15) is 0 Å². The lowest BCUT2D eigenvalue weighted by atomic mass is 10.1. The molecule has 1 aliphatic heterocycles. The largest absolute Gasteiger partial charge is 0.454 e. The van der Waals surface area contributed by atoms with Crippen LogP contribution in [0.25, 0.3) is 0 Å². The second-order valence-electron chi connectivity index (χ2n) is 8.59. The molecule has 11 heteroatoms. The van der Waals surface area contributed by atoms with Gasteiger partial charge >= 0.3 is 0 Å². The van der Waals surface area contributed by atoms with Crippen molar-refractivity contribution in [2.75, 3.05) is 23.4 Å². The van der Waals surface area contributed by atoms with Crippen molar-refractivity contribution in [1.82, 2.24) is 10.2 Å². The lowest BCUT2D eigenvalue weighted by Gasteiger charge is -2.32. The fraction of sp³-hybridized carbons (Fsp3) is 0.440. The van der Waals surface area contributed by atoms with Crippen LogP contribution in [0.1, 0.15) is 39.7 Å². The summed E-state index contributed by atoms with van der Waals surface area (Å²) in [5, 5.41) is 3.44. The summed E-state index contributed by atoms with van der Waals surface area (Å²) >= 11 is 6.00. The number of sulfonamides is 1. The quantitative estimate of drug-likeness (QED) is 0.470. The summed E-state index contributed by atoms with van der Waals surface area (Å²) in [5.74, 6) is -0.157. The van der Waals surface area contributed by atoms with Gasteiger partial charge in [-0.15, -0.1) is 0 Å². The molecule has 2 atom stereocenters. The normalized spacial score (nSPS) is 14.1. The Morgan fingerprint density at radius 2 is 1.72 bits per heavy atom. The van der Waals surface area contributed by atoms with Gasteiger partial charge in [0.2, 0.25) is 28.6 Å². The van der Waals surface area contributed by atoms with Crippen molar-refractivity contribution in [3.63, 3.8) is 0 Å². The van der Waals surface area contributed by atoms with E-state index in [9.17, 15) is 18.0 Å². The van der Waals surface area contributed by atoms with E-state index < -0.39 is 28.5 Å². The first-order valence-corrected chi connectivity index (χ1v) is 13.8. The fourth-order valence-corrected chi connectivity index (χ4v) is 4.77. The number of ether oxygens (including phenoxy) is 2. The van der Waals surface area contributed by atoms with Gasteiger partial charge in [0.25, 0.3) is 0 Å². The van der Waals surface area contributed by atoms with Gasteiger partial charge in [-0.3, -0.25) is 13.9 Å². The molecule has 0 radical (unpaired) electrons. The molecule has 0 spiro atoms. The molecule has 3 rings (SSSR count). The van der Waals surface area contributed by atoms with E-state index in [1.807, 2.05) is 13.8 Å². The van der Waals surface area contributed by atoms with Crippen molar-refractivity contribution >= 4 is 39.1 Å². The summed E-state index contributed by atoms with van der Waals surface area (Å²) in [6.45, 7) is 6.63. The van der Waals surface area contributed by atoms with Gasteiger partial charge in [0.1, 0.15) is 12.6 Å². The van der Waals surface area contributed by atoms with Crippen LogP contribution in [0.2, 0.25) is 5.02 Å². The van der Waals surface area contributed by atoms with Gasteiger partial charge in [0, 0.05) is 23.7 Å². The molecule has 1 N–H and O–H groups in total. The number of amides is 2. The second kappa shape index (κ2) is 11.8. The highest BCUT2D eigenvalue weighted by Gasteiger charge is 2.32. The molecule has 9 nitrogen and oxygen atoms in total. The van der Waals surface area contributed by atoms with Crippen molar-refractivity contribution in [3.8, 4) is 11.5 Å². The first kappa shape index (κ1) is 27.6. The third kappa shape index (κ3) is 6.61. The molecule has 0 aliphatic carbocycles. The van der Waals surface area contributed by atoms with Crippen molar-refractivity contribution in [2.24, 2.45) is 0 Å². The van der Waals surface area contributed by atoms with E-state index in [1.54, 1.807) is 43.3 Å². The maximum absolute atomic E-state index is 13.7. The van der Waals surface area contributed by atoms with E-state index in [4.69, 9.17) is 21.1 Å². The smallest absolute Gasteiger partial charge is 0.244 e. The van der Waals surface area contributed by atoms with E-state index in [0.29, 0.717) is 16.5 Å². The SMILES string of the molecule is CC[C@@H](C)NC(=O)[C@@H](C)N(Cc1ccc(Cl)cc1)C(=O)CN(c1ccc2c(c1)OCO2)S(=O)(=O)CC. The molecule has 0 bridgehead atoms. The predicted molar refractivity (Wildman–Crippen MR) is 139 cm³/mol. The fourth-order valence-electron chi connectivity index (χ4n) is 3.59. The van der Waals surface area contributed by atoms with Crippen LogP contribution in [0.15, 0.2) is 42.5 Å². The number of benzene rings is 2. The average Bonchev–Trinajstić information content (AvgIpc) is 3.34.